The van der Waals surface area contributed by atoms with Crippen molar-refractivity contribution >= 4 is 93.9 Å². The molecule has 0 aromatic carbocycles. The summed E-state index contributed by atoms with van der Waals surface area (Å²) in [4.78, 5) is 125. The van der Waals surface area contributed by atoms with Crippen LogP contribution in [-0.2, 0) is 102 Å². The molecule has 0 spiro atoms. The van der Waals surface area contributed by atoms with E-state index in [0.29, 0.717) is 0 Å². The van der Waals surface area contributed by atoms with Crippen molar-refractivity contribution in [2.24, 2.45) is 0 Å². The van der Waals surface area contributed by atoms with Gasteiger partial charge in [-0.05, 0) is 0 Å². The van der Waals surface area contributed by atoms with Gasteiger partial charge in [-0.2, -0.15) is 47.4 Å². The Bertz CT molecular complexity index is 1710. The quantitative estimate of drug-likeness (QED) is 0.0354. The topological polar surface area (TPSA) is 590 Å². The molecule has 10 unspecified atom stereocenters. The fraction of sp³-hybridized carbons (Fsp3) is 0. The first-order chi connectivity index (χ1) is 20.8. The average Bonchev–Trinajstić information content (AvgIpc) is 2.52. The Morgan fingerprint density at radius 2 is 0.283 bits per heavy atom. The van der Waals surface area contributed by atoms with Crippen LogP contribution in [0.25, 0.3) is 0 Å². The van der Waals surface area contributed by atoms with E-state index in [4.69, 9.17) is 39.1 Å². The van der Waals surface area contributed by atoms with E-state index in [1.165, 1.54) is 0 Å². The van der Waals surface area contributed by atoms with Gasteiger partial charge >= 0.3 is 212 Å². The zero-order chi connectivity index (χ0) is 39.8. The third-order valence-corrected chi connectivity index (χ3v) is 20.5. The zero-order valence-electron chi connectivity index (χ0n) is 29.0. The van der Waals surface area contributed by atoms with Crippen LogP contribution >= 0.6 is 93.9 Å². The molecule has 14 N–H and O–H groups in total. The van der Waals surface area contributed by atoms with E-state index in [9.17, 15) is 84.1 Å². The molecular formula is H18Na4O37P12. The van der Waals surface area contributed by atoms with Gasteiger partial charge in [-0.1, -0.05) is 0 Å². The SMILES string of the molecule is O=P(O)(O)OP(=O)(O)OP(=O)(O)OP(=O)(O)OP(=O)(O)OP(=O)(O)OP(=O)(O)OP(=O)(O)OP(=O)(O)OP(=O)(O)OP(=O)(O)OP(=O)(O)O.[H-].[H-].[H-].[H-].[Na+].[Na+].[Na+].[Na+]. The van der Waals surface area contributed by atoms with Gasteiger partial charge in [0.1, 0.15) is 0 Å². The van der Waals surface area contributed by atoms with Crippen LogP contribution in [0, 0.1) is 0 Å². The van der Waals surface area contributed by atoms with Gasteiger partial charge in [0, 0.05) is 0 Å². The second kappa shape index (κ2) is 23.6. The minimum absolute atomic E-state index is 0. The maximum absolute atomic E-state index is 11.8. The van der Waals surface area contributed by atoms with Gasteiger partial charge in [0.15, 0.2) is 0 Å². The van der Waals surface area contributed by atoms with Crippen molar-refractivity contribution in [3.63, 3.8) is 0 Å². The van der Waals surface area contributed by atoms with Crippen LogP contribution in [0.5, 0.6) is 0 Å². The van der Waals surface area contributed by atoms with Crippen molar-refractivity contribution in [2.45, 2.75) is 0 Å². The number of rotatable bonds is 22. The first-order valence-electron chi connectivity index (χ1n) is 9.01. The summed E-state index contributed by atoms with van der Waals surface area (Å²) >= 11 is 0. The van der Waals surface area contributed by atoms with E-state index >= 15 is 0 Å². The second-order valence-electron chi connectivity index (χ2n) is 6.56. The van der Waals surface area contributed by atoms with Crippen molar-refractivity contribution in [1.29, 1.82) is 0 Å². The van der Waals surface area contributed by atoms with Crippen LogP contribution in [0.3, 0.4) is 0 Å². The Labute approximate surface area is 384 Å². The minimum atomic E-state index is -6.95. The monoisotopic (exact) mass is 1070 g/mol. The van der Waals surface area contributed by atoms with Crippen LogP contribution in [0.2, 0.25) is 0 Å². The van der Waals surface area contributed by atoms with E-state index in [2.05, 4.69) is 47.4 Å². The smallest absolute Gasteiger partial charge is 1.00 e. The van der Waals surface area contributed by atoms with Crippen molar-refractivity contribution in [3.05, 3.63) is 0 Å². The number of hydrogen-bond acceptors (Lipinski definition) is 23. The molecule has 53 heteroatoms. The second-order valence-corrected chi connectivity index (χ2v) is 25.1. The summed E-state index contributed by atoms with van der Waals surface area (Å²) in [7, 11) is -79.5. The largest absolute Gasteiger partial charge is 1.00 e. The average molecular weight is 1070 g/mol. The molecule has 0 aromatic heterocycles. The summed E-state index contributed by atoms with van der Waals surface area (Å²) in [6.07, 6.45) is 0. The summed E-state index contributed by atoms with van der Waals surface area (Å²) in [6.45, 7) is 0. The van der Waals surface area contributed by atoms with E-state index in [1.54, 1.807) is 0 Å². The molecule has 0 saturated carbocycles. The Kier molecular flexibility index (Phi) is 30.2. The van der Waals surface area contributed by atoms with Gasteiger partial charge < -0.3 is 74.2 Å². The molecule has 53 heavy (non-hydrogen) atoms. The van der Waals surface area contributed by atoms with Gasteiger partial charge in [-0.25, -0.2) is 54.8 Å². The molecule has 0 fully saturated rings. The predicted octanol–water partition coefficient (Wildman–Crippen LogP) is -11.2. The summed E-state index contributed by atoms with van der Waals surface area (Å²) < 4.78 is 171. The molecule has 37 nitrogen and oxygen atoms in total. The maximum Gasteiger partial charge on any atom is 1.00 e. The molecule has 0 aromatic rings. The van der Waals surface area contributed by atoms with Crippen molar-refractivity contribution < 1.29 is 295 Å². The third-order valence-electron chi connectivity index (χ3n) is 2.28. The molecule has 0 saturated heterocycles. The Hall–Kier alpha value is 5.76. The number of hydrogen-bond donors (Lipinski definition) is 14. The van der Waals surface area contributed by atoms with Crippen LogP contribution in [0.4, 0.5) is 0 Å². The van der Waals surface area contributed by atoms with Crippen LogP contribution < -0.4 is 118 Å². The standard InChI is InChI=1S/4Na.H14O37P12.4H/c;;;;1-38(2,3)27-40(7,8)29-42(11,12)31-44(15,16)33-46(19,20)35-48(23,24)37-49(25,26)36-47(21,22)34-45(17,18)32-43(13,14)30-41(9,10)28-39(4,5)6;;;;/h;;;;(H,7,8)(H,9,10)(H,11,12)(H,13,14)(H,15,16)(H,17,18)(H,19,20)(H,21,22)(H,23,24)(H,25,26)(H2,1,2,3)(H2,4,5,6);;;;/q4*+1;;4*-1. The molecule has 0 heterocycles. The molecule has 10 atom stereocenters. The maximum atomic E-state index is 11.8. The summed E-state index contributed by atoms with van der Waals surface area (Å²) in [5.41, 5.74) is 0. The van der Waals surface area contributed by atoms with Gasteiger partial charge in [-0.3, -0.25) is 0 Å². The molecule has 0 aliphatic carbocycles. The fourth-order valence-electron chi connectivity index (χ4n) is 1.59. The number of phosphoric acid groups is 12. The van der Waals surface area contributed by atoms with Gasteiger partial charge in [0.05, 0.1) is 0 Å². The van der Waals surface area contributed by atoms with Gasteiger partial charge in [0.2, 0.25) is 0 Å². The third kappa shape index (κ3) is 34.9. The first kappa shape index (κ1) is 67.8. The molecular weight excluding hydrogens is 1060 g/mol. The molecule has 0 aliphatic rings. The van der Waals surface area contributed by atoms with Gasteiger partial charge in [-0.15, -0.1) is 0 Å². The van der Waals surface area contributed by atoms with E-state index in [1.807, 2.05) is 0 Å². The summed E-state index contributed by atoms with van der Waals surface area (Å²) in [5.74, 6) is 0. The van der Waals surface area contributed by atoms with Crippen molar-refractivity contribution in [3.8, 4) is 0 Å². The minimum Gasteiger partial charge on any atom is -1.00 e. The van der Waals surface area contributed by atoms with E-state index in [0.717, 1.165) is 0 Å². The van der Waals surface area contributed by atoms with Crippen LogP contribution in [0.1, 0.15) is 5.71 Å². The Morgan fingerprint density at radius 3 is 0.358 bits per heavy atom. The Balaban J connectivity index is -0.000000411. The summed E-state index contributed by atoms with van der Waals surface area (Å²) in [5, 5.41) is 0. The normalized spacial score (nSPS) is 23.7. The zero-order valence-corrected chi connectivity index (χ0v) is 43.8. The van der Waals surface area contributed by atoms with Crippen molar-refractivity contribution in [2.75, 3.05) is 0 Å². The van der Waals surface area contributed by atoms with Crippen LogP contribution in [-0.4, -0.2) is 68.5 Å². The van der Waals surface area contributed by atoms with E-state index < -0.39 is 93.9 Å². The van der Waals surface area contributed by atoms with Crippen LogP contribution in [0.15, 0.2) is 0 Å². The molecule has 0 aliphatic heterocycles. The Morgan fingerprint density at radius 1 is 0.208 bits per heavy atom. The molecule has 0 rings (SSSR count). The first-order valence-corrected chi connectivity index (χ1v) is 27.0. The summed E-state index contributed by atoms with van der Waals surface area (Å²) in [6, 6.07) is 0. The van der Waals surface area contributed by atoms with Crippen molar-refractivity contribution in [1.82, 2.24) is 0 Å². The molecule has 0 radical (unpaired) electrons. The van der Waals surface area contributed by atoms with E-state index in [-0.39, 0.29) is 124 Å². The molecule has 0 bridgehead atoms. The molecule has 0 amide bonds. The predicted molar refractivity (Wildman–Crippen MR) is 139 cm³/mol. The fourth-order valence-corrected chi connectivity index (χ4v) is 17.0. The molecule has 304 valence electrons. The van der Waals surface area contributed by atoms with Gasteiger partial charge in [0.25, 0.3) is 0 Å².